The highest BCUT2D eigenvalue weighted by Crippen LogP contribution is 2.69. The number of hydrogen-bond acceptors (Lipinski definition) is 10. The first-order chi connectivity index (χ1) is 57.6. The molecule has 0 atom stereocenters. The minimum Gasteiger partial charge on any atom is -0.289 e. The van der Waals surface area contributed by atoms with E-state index < -0.39 is 45.7 Å². The van der Waals surface area contributed by atoms with E-state index in [-0.39, 0.29) is 55.9 Å². The van der Waals surface area contributed by atoms with E-state index in [1.54, 1.807) is 34.8 Å². The van der Waals surface area contributed by atoms with Crippen LogP contribution >= 0.6 is 68.0 Å². The van der Waals surface area contributed by atoms with Gasteiger partial charge < -0.3 is 0 Å². The summed E-state index contributed by atoms with van der Waals surface area (Å²) in [5.41, 5.74) is 14.6. The van der Waals surface area contributed by atoms with Crippen LogP contribution in [0.1, 0.15) is 239 Å². The number of carbonyl (C=O) groups excluding carboxylic acids is 2. The van der Waals surface area contributed by atoms with Crippen molar-refractivity contribution in [2.75, 3.05) is 0 Å². The zero-order chi connectivity index (χ0) is 81.7. The van der Waals surface area contributed by atoms with Crippen LogP contribution in [0.2, 0.25) is 0 Å². The molecule has 0 unspecified atom stereocenters. The zero-order valence-electron chi connectivity index (χ0n) is 66.0. The number of carbonyl (C=O) groups is 2. The molecule has 118 heavy (non-hydrogen) atoms. The molecule has 6 aromatic heterocycles. The van der Waals surface area contributed by atoms with Gasteiger partial charge in [0, 0.05) is 93.0 Å². The molecule has 586 valence electrons. The summed E-state index contributed by atoms with van der Waals surface area (Å²) in [5.74, 6) is -5.90. The number of ketones is 2. The number of thiophene rings is 6. The van der Waals surface area contributed by atoms with Crippen molar-refractivity contribution in [1.29, 1.82) is 10.5 Å². The third-order valence-electron chi connectivity index (χ3n) is 24.2. The van der Waals surface area contributed by atoms with Gasteiger partial charge in [-0.1, -0.05) is 202 Å². The fraction of sp³-hybridized carbons (Fsp3) is 0.255. The van der Waals surface area contributed by atoms with Crippen molar-refractivity contribution in [1.82, 2.24) is 0 Å². The summed E-state index contributed by atoms with van der Waals surface area (Å²) in [4.78, 5) is 43.1. The minimum absolute atomic E-state index is 0.00666. The fourth-order valence-corrected chi connectivity index (χ4v) is 26.0. The lowest BCUT2D eigenvalue weighted by atomic mass is 9.65. The lowest BCUT2D eigenvalue weighted by Gasteiger charge is -2.36. The summed E-state index contributed by atoms with van der Waals surface area (Å²) in [6.07, 6.45) is 25.6. The van der Waals surface area contributed by atoms with Gasteiger partial charge in [-0.2, -0.15) is 0 Å². The summed E-state index contributed by atoms with van der Waals surface area (Å²) >= 11 is 10.1. The van der Waals surface area contributed by atoms with Crippen molar-refractivity contribution in [2.24, 2.45) is 0 Å². The van der Waals surface area contributed by atoms with Crippen molar-refractivity contribution in [3.05, 3.63) is 337 Å². The number of allylic oxidation sites excluding steroid dienone is 6. The summed E-state index contributed by atoms with van der Waals surface area (Å²) in [7, 11) is 0. The number of aryl methyl sites for hydroxylation is 4. The van der Waals surface area contributed by atoms with Crippen molar-refractivity contribution >= 4 is 122 Å². The molecule has 4 aliphatic carbocycles. The van der Waals surface area contributed by atoms with E-state index in [1.807, 2.05) is 59.1 Å². The fourth-order valence-electron chi connectivity index (χ4n) is 18.3. The number of benzene rings is 7. The van der Waals surface area contributed by atoms with Crippen LogP contribution in [0.25, 0.3) is 92.2 Å². The number of hydrogen-bond donors (Lipinski definition) is 0. The molecule has 0 aliphatic heterocycles. The summed E-state index contributed by atoms with van der Waals surface area (Å²) in [6.45, 7) is 24.9. The molecule has 0 fully saturated rings. The first-order valence-electron chi connectivity index (χ1n) is 41.1. The number of Topliss-reactive ketones (excluding diaryl/α,β-unsaturated/α-hetero) is 2. The predicted octanol–water partition coefficient (Wildman–Crippen LogP) is 30.3. The van der Waals surface area contributed by atoms with E-state index in [1.165, 1.54) is 171 Å². The summed E-state index contributed by atoms with van der Waals surface area (Å²) in [5, 5.41) is 20.4. The van der Waals surface area contributed by atoms with Crippen LogP contribution in [0.15, 0.2) is 192 Å². The lowest BCUT2D eigenvalue weighted by molar-refractivity contribution is 0.103. The topological polar surface area (TPSA) is 90.4 Å². The largest absolute Gasteiger partial charge is 0.289 e. The average molecular weight is 1660 g/mol. The molecule has 17 rings (SSSR count). The van der Waals surface area contributed by atoms with E-state index in [9.17, 15) is 37.7 Å². The van der Waals surface area contributed by atoms with Crippen molar-refractivity contribution in [2.45, 2.75) is 167 Å². The van der Waals surface area contributed by atoms with Gasteiger partial charge in [0.15, 0.2) is 34.8 Å². The Morgan fingerprint density at radius 3 is 0.983 bits per heavy atom. The second kappa shape index (κ2) is 33.6. The highest BCUT2D eigenvalue weighted by molar-refractivity contribution is 7.33. The minimum atomic E-state index is -1.19. The molecule has 13 aromatic rings. The van der Waals surface area contributed by atoms with Crippen molar-refractivity contribution < 1.29 is 27.2 Å². The van der Waals surface area contributed by atoms with E-state index >= 15 is 0 Å². The maximum atomic E-state index is 15.0. The van der Waals surface area contributed by atoms with Crippen LogP contribution in [-0.2, 0) is 36.5 Å². The second-order valence-electron chi connectivity index (χ2n) is 31.4. The number of rotatable bonds is 28. The molecule has 0 saturated carbocycles. The first-order valence-corrected chi connectivity index (χ1v) is 46.0. The predicted molar refractivity (Wildman–Crippen MR) is 481 cm³/mol. The number of nitrogens with zero attached hydrogens (tertiary/aromatic N) is 4. The average Bonchev–Trinajstić information content (AvgIpc) is 1.49. The Labute approximate surface area is 710 Å². The highest BCUT2D eigenvalue weighted by Gasteiger charge is 2.55. The molecular weight excluding hydrogens is 1580 g/mol. The third kappa shape index (κ3) is 13.9. The summed E-state index contributed by atoms with van der Waals surface area (Å²) < 4.78 is 64.3. The normalized spacial score (nSPS) is 15.5. The quantitative estimate of drug-likeness (QED) is 0.0161. The standard InChI is InChI=1S/C102H82F4N4O2S6/c1-7-11-15-19-23-59-27-35-63(36-28-59)101(64-37-29-60(30-38-64)24-20-16-12-8-2)77-49-74-78(50-73(77)97-93(101)99-89(117-97)55-87(115-99)85-45-43-67(113-85)47-75-91(83(57-107)109-5)69-51-79(103)81(105)53-71(69)95(75)111)102(65-39-31-61(32-40-65)25-21-17-13-9-3,66-41-33-62(34-42-66)26-22-18-14-10-4)94-98(74)118-90-56-88(116-100(90)94)86-46-44-68(114-86)48-76-92(84(58-108)110-6)70-52-80(104)82(106)54-72(70)96(76)112/h27-56H,7-26H2,1-4H3/b75-47-,76-48-,91-83-,92-84+. The van der Waals surface area contributed by atoms with E-state index in [4.69, 9.17) is 13.1 Å². The zero-order valence-corrected chi connectivity index (χ0v) is 70.9. The van der Waals surface area contributed by atoms with Gasteiger partial charge in [0.05, 0.1) is 45.5 Å². The van der Waals surface area contributed by atoms with Gasteiger partial charge in [-0.25, -0.2) is 37.8 Å². The second-order valence-corrected chi connectivity index (χ2v) is 37.8. The van der Waals surface area contributed by atoms with E-state index in [0.29, 0.717) is 9.75 Å². The third-order valence-corrected chi connectivity index (χ3v) is 31.5. The Morgan fingerprint density at radius 1 is 0.373 bits per heavy atom. The van der Waals surface area contributed by atoms with Gasteiger partial charge in [-0.05, 0) is 214 Å². The maximum Gasteiger partial charge on any atom is 0.270 e. The van der Waals surface area contributed by atoms with E-state index in [0.717, 1.165) is 130 Å². The molecule has 7 aromatic carbocycles. The number of fused-ring (bicyclic) bond motifs is 12. The Hall–Kier alpha value is -10.8. The van der Waals surface area contributed by atoms with Gasteiger partial charge in [0.2, 0.25) is 0 Å². The van der Waals surface area contributed by atoms with Crippen LogP contribution in [0.5, 0.6) is 0 Å². The van der Waals surface area contributed by atoms with Crippen LogP contribution < -0.4 is 0 Å². The molecule has 0 saturated heterocycles. The molecule has 6 heterocycles. The lowest BCUT2D eigenvalue weighted by Crippen LogP contribution is -2.30. The van der Waals surface area contributed by atoms with Crippen LogP contribution in [-0.4, -0.2) is 11.6 Å². The maximum absolute atomic E-state index is 15.0. The van der Waals surface area contributed by atoms with Gasteiger partial charge in [-0.3, -0.25) is 9.59 Å². The van der Waals surface area contributed by atoms with Gasteiger partial charge in [-0.15, -0.1) is 68.0 Å². The highest BCUT2D eigenvalue weighted by atomic mass is 32.1. The monoisotopic (exact) mass is 1660 g/mol. The van der Waals surface area contributed by atoms with Crippen molar-refractivity contribution in [3.63, 3.8) is 0 Å². The smallest absolute Gasteiger partial charge is 0.270 e. The summed E-state index contributed by atoms with van der Waals surface area (Å²) in [6, 6.07) is 63.3. The van der Waals surface area contributed by atoms with Crippen LogP contribution in [0, 0.1) is 59.1 Å². The Morgan fingerprint density at radius 2 is 0.686 bits per heavy atom. The van der Waals surface area contributed by atoms with Crippen molar-refractivity contribution in [3.8, 4) is 52.5 Å². The first kappa shape index (κ1) is 79.7. The molecule has 0 radical (unpaired) electrons. The molecule has 0 spiro atoms. The van der Waals surface area contributed by atoms with E-state index in [2.05, 4.69) is 159 Å². The molecule has 0 N–H and O–H groups in total. The molecule has 16 heteroatoms. The van der Waals surface area contributed by atoms with Crippen LogP contribution in [0.3, 0.4) is 0 Å². The number of nitriles is 2. The molecular formula is C102H82F4N4O2S6. The van der Waals surface area contributed by atoms with Crippen LogP contribution in [0.4, 0.5) is 17.6 Å². The van der Waals surface area contributed by atoms with Gasteiger partial charge in [0.1, 0.15) is 0 Å². The Bertz CT molecular complexity index is 5980. The van der Waals surface area contributed by atoms with Gasteiger partial charge in [0.25, 0.3) is 11.4 Å². The Kier molecular flexibility index (Phi) is 22.7. The molecule has 4 aliphatic rings. The molecule has 0 bridgehead atoms. The Balaban J connectivity index is 0.886. The molecule has 6 nitrogen and oxygen atoms in total. The SMILES string of the molecule is [C-]#[N+]/C(C#N)=C1\C(=C\c2ccc(-c3cc4sc5c(c4s3)C(c3ccc(CCCCCC)cc3)(c3ccc(CCCCCC)cc3)c3cc4c(cc3-5)C(c3ccc(CCCCCC)cc3)(c3ccc(CCCCCC)cc3)c3c-4sc4cc(-c5ccc(/C=C6\C(=O)c7cc(F)c(F)cc7\C6=C(\C#N)[N+]#[C-])s5)sc34)s2)C(=O)c2cc(F)c(F)cc21. The number of unbranched alkanes of at least 4 members (excludes halogenated alkanes) is 12. The number of halogens is 4. The molecule has 0 amide bonds. The van der Waals surface area contributed by atoms with Gasteiger partial charge >= 0.3 is 0 Å².